The summed E-state index contributed by atoms with van der Waals surface area (Å²) in [6, 6.07) is 52.3. The van der Waals surface area contributed by atoms with E-state index in [1.165, 1.54) is 127 Å². The molecule has 6 aromatic carbocycles. The van der Waals surface area contributed by atoms with Crippen LogP contribution in [0.15, 0.2) is 180 Å². The Morgan fingerprint density at radius 2 is 1.24 bits per heavy atom. The largest absolute Gasteiger partial charge is 0.361 e. The van der Waals surface area contributed by atoms with Crippen LogP contribution in [0.25, 0.3) is 40.0 Å². The molecule has 3 heteroatoms. The Morgan fingerprint density at radius 3 is 2.03 bits per heavy atom. The average molecular weight is 885 g/mol. The summed E-state index contributed by atoms with van der Waals surface area (Å²) in [6.45, 7) is 10.7. The molecule has 4 aliphatic carbocycles. The third kappa shape index (κ3) is 6.26. The first-order chi connectivity index (χ1) is 32.7. The summed E-state index contributed by atoms with van der Waals surface area (Å²) in [7, 11) is -1.70. The second-order valence-corrected chi connectivity index (χ2v) is 25.6. The number of anilines is 3. The van der Waals surface area contributed by atoms with Crippen molar-refractivity contribution < 1.29 is 0 Å². The fourth-order valence-corrected chi connectivity index (χ4v) is 19.2. The average Bonchev–Trinajstić information content (AvgIpc) is 3.92. The summed E-state index contributed by atoms with van der Waals surface area (Å²) in [4.78, 5) is 5.21. The van der Waals surface area contributed by atoms with E-state index >= 15 is 0 Å². The normalized spacial score (nSPS) is 21.0. The van der Waals surface area contributed by atoms with Crippen LogP contribution in [0.4, 0.5) is 17.1 Å². The highest BCUT2D eigenvalue weighted by Gasteiger charge is 2.48. The molecule has 13 rings (SSSR count). The van der Waals surface area contributed by atoms with Crippen LogP contribution in [0.1, 0.15) is 98.7 Å². The lowest BCUT2D eigenvalue weighted by atomic mass is 9.80. The molecular formula is C64H60N2Si. The van der Waals surface area contributed by atoms with Gasteiger partial charge in [-0.1, -0.05) is 186 Å². The molecule has 0 saturated carbocycles. The fourth-order valence-electron chi connectivity index (χ4n) is 13.6. The number of hydrogen-bond donors (Lipinski definition) is 0. The second-order valence-electron chi connectivity index (χ2n) is 21.4. The van der Waals surface area contributed by atoms with Gasteiger partial charge in [-0.2, -0.15) is 0 Å². The van der Waals surface area contributed by atoms with Gasteiger partial charge >= 0.3 is 0 Å². The molecule has 2 nitrogen and oxygen atoms in total. The van der Waals surface area contributed by atoms with Crippen LogP contribution in [0.5, 0.6) is 0 Å². The van der Waals surface area contributed by atoms with E-state index in [2.05, 4.69) is 213 Å². The van der Waals surface area contributed by atoms with Crippen molar-refractivity contribution in [3.8, 4) is 22.3 Å². The van der Waals surface area contributed by atoms with Gasteiger partial charge in [0.2, 0.25) is 0 Å². The van der Waals surface area contributed by atoms with Gasteiger partial charge in [0, 0.05) is 40.1 Å². The lowest BCUT2D eigenvalue weighted by molar-refractivity contribution is 0.651. The highest BCUT2D eigenvalue weighted by Crippen LogP contribution is 2.52. The van der Waals surface area contributed by atoms with Crippen molar-refractivity contribution in [3.05, 3.63) is 219 Å². The van der Waals surface area contributed by atoms with E-state index in [-0.39, 0.29) is 16.9 Å². The summed E-state index contributed by atoms with van der Waals surface area (Å²) in [5.41, 5.74) is 23.1. The molecule has 7 aliphatic rings. The molecule has 0 amide bonds. The zero-order valence-corrected chi connectivity index (χ0v) is 40.6. The zero-order chi connectivity index (χ0) is 45.1. The summed E-state index contributed by atoms with van der Waals surface area (Å²) < 4.78 is 0. The van der Waals surface area contributed by atoms with Crippen molar-refractivity contribution in [2.45, 2.75) is 95.2 Å². The summed E-state index contributed by atoms with van der Waals surface area (Å²) in [5, 5.41) is 3.36. The van der Waals surface area contributed by atoms with Crippen molar-refractivity contribution in [2.75, 3.05) is 16.3 Å². The maximum Gasteiger partial charge on any atom is 0.123 e. The molecule has 6 aromatic rings. The quantitative estimate of drug-likeness (QED) is 0.126. The lowest BCUT2D eigenvalue weighted by Gasteiger charge is -2.45. The molecule has 330 valence electrons. The number of fused-ring (bicyclic) bond motifs is 9. The molecule has 1 unspecified atom stereocenters. The maximum atomic E-state index is 2.62. The molecule has 0 aromatic heterocycles. The minimum absolute atomic E-state index is 0.0810. The molecular weight excluding hydrogens is 825 g/mol. The van der Waals surface area contributed by atoms with Crippen LogP contribution < -0.4 is 15.0 Å². The summed E-state index contributed by atoms with van der Waals surface area (Å²) in [6.07, 6.45) is 26.7. The van der Waals surface area contributed by atoms with Crippen LogP contribution >= 0.6 is 0 Å². The predicted molar refractivity (Wildman–Crippen MR) is 287 cm³/mol. The van der Waals surface area contributed by atoms with Gasteiger partial charge in [0.25, 0.3) is 0 Å². The van der Waals surface area contributed by atoms with Gasteiger partial charge in [0.05, 0.1) is 6.04 Å². The van der Waals surface area contributed by atoms with Crippen LogP contribution in [-0.4, -0.2) is 20.7 Å². The SMILES string of the molecule is CC1(C)C2=C(C=CC(N3CCCc4ccccc43)C=C2)c2ccc(C=Cc3ccc4c(c3)C(C)(C)c3cc(-c5ccc(N6C7=C(C=CCC7)[Si]7(CCCC7)c7ccccc76)cc5)ccc3-4)cc21. The van der Waals surface area contributed by atoms with E-state index in [4.69, 9.17) is 0 Å². The minimum Gasteiger partial charge on any atom is -0.361 e. The highest BCUT2D eigenvalue weighted by atomic mass is 28.3. The van der Waals surface area contributed by atoms with Gasteiger partial charge in [0.1, 0.15) is 8.07 Å². The Labute approximate surface area is 399 Å². The van der Waals surface area contributed by atoms with Gasteiger partial charge in [-0.25, -0.2) is 0 Å². The number of aryl methyl sites for hydroxylation is 1. The number of hydrogen-bond acceptors (Lipinski definition) is 2. The molecule has 1 saturated heterocycles. The topological polar surface area (TPSA) is 6.48 Å². The molecule has 1 atom stereocenters. The van der Waals surface area contributed by atoms with Crippen molar-refractivity contribution in [1.29, 1.82) is 0 Å². The monoisotopic (exact) mass is 884 g/mol. The van der Waals surface area contributed by atoms with Gasteiger partial charge in [-0.3, -0.25) is 0 Å². The number of allylic oxidation sites excluding steroid dienone is 8. The molecule has 3 aliphatic heterocycles. The number of nitrogens with zero attached hydrogens (tertiary/aromatic N) is 2. The Balaban J connectivity index is 0.747. The first-order valence-electron chi connectivity index (χ1n) is 25.2. The van der Waals surface area contributed by atoms with E-state index in [1.807, 2.05) is 0 Å². The van der Waals surface area contributed by atoms with Gasteiger partial charge in [0.15, 0.2) is 0 Å². The van der Waals surface area contributed by atoms with Crippen molar-refractivity contribution in [1.82, 2.24) is 0 Å². The molecule has 0 radical (unpaired) electrons. The molecule has 67 heavy (non-hydrogen) atoms. The van der Waals surface area contributed by atoms with E-state index < -0.39 is 8.07 Å². The van der Waals surface area contributed by atoms with E-state index in [0.717, 1.165) is 19.4 Å². The Hall–Kier alpha value is -6.42. The van der Waals surface area contributed by atoms with E-state index in [1.54, 1.807) is 16.1 Å². The summed E-state index contributed by atoms with van der Waals surface area (Å²) in [5.74, 6) is 0. The van der Waals surface area contributed by atoms with Crippen LogP contribution in [0, 0.1) is 0 Å². The fraction of sp³-hybridized carbons (Fsp3) is 0.250. The first-order valence-corrected chi connectivity index (χ1v) is 27.6. The Morgan fingerprint density at radius 1 is 0.582 bits per heavy atom. The third-order valence-electron chi connectivity index (χ3n) is 17.1. The van der Waals surface area contributed by atoms with Crippen LogP contribution in [0.2, 0.25) is 12.1 Å². The number of benzene rings is 6. The smallest absolute Gasteiger partial charge is 0.123 e. The Kier molecular flexibility index (Phi) is 9.32. The minimum atomic E-state index is -1.70. The molecule has 0 N–H and O–H groups in total. The van der Waals surface area contributed by atoms with E-state index in [9.17, 15) is 0 Å². The number of rotatable bonds is 5. The highest BCUT2D eigenvalue weighted by molar-refractivity contribution is 7.00. The molecule has 3 heterocycles. The predicted octanol–water partition coefficient (Wildman–Crippen LogP) is 15.6. The zero-order valence-electron chi connectivity index (χ0n) is 39.6. The summed E-state index contributed by atoms with van der Waals surface area (Å²) >= 11 is 0. The standard InChI is InChI=1S/C64H60N2Si/c1-63(2)54-36-31-48(65-37-13-15-46-14-5-6-16-58(46)65)30-35-50(54)51-32-23-43(40-55(51)63)21-22-44-24-33-52-53-34-27-47(42-57(53)64(3,4)56(52)41-44)45-25-28-49(29-26-45)66-59-17-7-9-19-61(59)67(38-11-12-39-67)62-20-10-8-18-60(62)66/h5-7,9-10,14,16-17,19-36,40-42,48H,8,11-13,15,18,37-39H2,1-4H3. The third-order valence-corrected chi connectivity index (χ3v) is 22.4. The van der Waals surface area contributed by atoms with Crippen molar-refractivity contribution in [2.24, 2.45) is 0 Å². The number of para-hydroxylation sites is 2. The van der Waals surface area contributed by atoms with Crippen molar-refractivity contribution >= 4 is 48.0 Å². The lowest BCUT2D eigenvalue weighted by Crippen LogP contribution is -2.53. The van der Waals surface area contributed by atoms with Crippen molar-refractivity contribution in [3.63, 3.8) is 0 Å². The molecule has 1 fully saturated rings. The molecule has 1 spiro atoms. The Bertz CT molecular complexity index is 3230. The van der Waals surface area contributed by atoms with E-state index in [0.29, 0.717) is 0 Å². The van der Waals surface area contributed by atoms with Gasteiger partial charge in [-0.15, -0.1) is 0 Å². The second kappa shape index (κ2) is 15.3. The van der Waals surface area contributed by atoms with Crippen LogP contribution in [0.3, 0.4) is 0 Å². The molecule has 0 bridgehead atoms. The van der Waals surface area contributed by atoms with Gasteiger partial charge in [-0.05, 0) is 151 Å². The maximum absolute atomic E-state index is 2.62. The first kappa shape index (κ1) is 40.8. The van der Waals surface area contributed by atoms with Gasteiger partial charge < -0.3 is 9.80 Å². The van der Waals surface area contributed by atoms with Crippen LogP contribution in [-0.2, 0) is 17.3 Å².